The molecule has 0 aliphatic carbocycles. The number of aliphatic hydroxyl groups is 1. The van der Waals surface area contributed by atoms with Crippen LogP contribution >= 0.6 is 23.5 Å². The predicted molar refractivity (Wildman–Crippen MR) is 105 cm³/mol. The summed E-state index contributed by atoms with van der Waals surface area (Å²) in [5, 5.41) is 13.7. The Bertz CT molecular complexity index is 930. The van der Waals surface area contributed by atoms with Crippen molar-refractivity contribution in [3.8, 4) is 0 Å². The number of allylic oxidation sites excluding steroid dienone is 1. The van der Waals surface area contributed by atoms with E-state index in [-0.39, 0.29) is 0 Å². The lowest BCUT2D eigenvalue weighted by molar-refractivity contribution is -0.123. The zero-order valence-electron chi connectivity index (χ0n) is 16.8. The zero-order chi connectivity index (χ0) is 24.0. The zero-order valence-corrected chi connectivity index (χ0v) is 19.5. The molecule has 0 aromatic rings. The van der Waals surface area contributed by atoms with Gasteiger partial charge in [-0.1, -0.05) is 27.0 Å². The van der Waals surface area contributed by atoms with Crippen LogP contribution in [0.3, 0.4) is 0 Å². The Kier molecular flexibility index (Phi) is 7.23. The molecule has 2 rings (SSSR count). The molecule has 0 aromatic carbocycles. The van der Waals surface area contributed by atoms with Crippen LogP contribution in [0.2, 0.25) is 0 Å². The normalized spacial score (nSPS) is 32.5. The summed E-state index contributed by atoms with van der Waals surface area (Å²) >= 11 is 0. The Morgan fingerprint density at radius 2 is 1.71 bits per heavy atom. The van der Waals surface area contributed by atoms with E-state index >= 15 is 0 Å². The minimum absolute atomic E-state index is 0.398. The molecule has 0 aromatic heterocycles. The molecule has 2 aliphatic rings. The average Bonchev–Trinajstić information content (AvgIpc) is 2.71. The maximum Gasteiger partial charge on any atom is 0.490 e. The molecule has 2 unspecified atom stereocenters. The second-order valence-corrected chi connectivity index (χ2v) is 12.1. The number of rotatable bonds is 8. The van der Waals surface area contributed by atoms with Crippen LogP contribution in [-0.2, 0) is 31.6 Å². The summed E-state index contributed by atoms with van der Waals surface area (Å²) in [6.45, 7) is 11.5. The van der Waals surface area contributed by atoms with E-state index < -0.39 is 53.4 Å². The number of hydrogen-bond donors (Lipinski definition) is 6. The third kappa shape index (κ3) is 6.35. The third-order valence-electron chi connectivity index (χ3n) is 4.54. The first-order chi connectivity index (χ1) is 13.8. The molecule has 31 heavy (non-hydrogen) atoms. The second-order valence-electron chi connectivity index (χ2n) is 7.69. The maximum absolute atomic E-state index is 12.0. The Labute approximate surface area is 178 Å². The van der Waals surface area contributed by atoms with Crippen molar-refractivity contribution < 1.29 is 56.3 Å². The first-order valence-corrected chi connectivity index (χ1v) is 13.1. The summed E-state index contributed by atoms with van der Waals surface area (Å²) in [5.41, 5.74) is -2.00. The van der Waals surface area contributed by atoms with Crippen molar-refractivity contribution >= 4 is 23.5 Å². The molecule has 178 valence electrons. The number of ether oxygens (including phenoxy) is 1. The first-order valence-electron chi connectivity index (χ1n) is 8.54. The average molecular weight is 506 g/mol. The van der Waals surface area contributed by atoms with Crippen LogP contribution in [0.4, 0.5) is 0 Å². The Balaban J connectivity index is 2.16. The van der Waals surface area contributed by atoms with Gasteiger partial charge in [0.05, 0.1) is 12.7 Å². The number of aliphatic hydroxyl groups excluding tert-OH is 1. The van der Waals surface area contributed by atoms with E-state index in [1.54, 1.807) is 31.0 Å². The number of hydrogen-bond acceptors (Lipinski definition) is 10. The molecule has 1 saturated heterocycles. The van der Waals surface area contributed by atoms with E-state index in [1.807, 2.05) is 0 Å². The molecule has 0 amide bonds. The Morgan fingerprint density at radius 1 is 1.13 bits per heavy atom. The van der Waals surface area contributed by atoms with Gasteiger partial charge in [-0.15, -0.1) is 0 Å². The minimum Gasteiger partial charge on any atom is -0.389 e. The molecular formula is C14H25N2O12P3. The molecule has 0 radical (unpaired) electrons. The SMILES string of the molecule is C=C1C=CN([C@@H]2O[C@](C)(COP(=O)(O)OP(=O)(O)OP(=O)(O)O)[C@H](O)C2(C)C)C(=C)N1. The third-order valence-corrected chi connectivity index (χ3v) is 8.32. The monoisotopic (exact) mass is 506 g/mol. The summed E-state index contributed by atoms with van der Waals surface area (Å²) < 4.78 is 52.1. The summed E-state index contributed by atoms with van der Waals surface area (Å²) in [4.78, 5) is 37.6. The van der Waals surface area contributed by atoms with Crippen LogP contribution in [-0.4, -0.2) is 54.1 Å². The van der Waals surface area contributed by atoms with Crippen molar-refractivity contribution in [2.75, 3.05) is 6.61 Å². The summed E-state index contributed by atoms with van der Waals surface area (Å²) in [7, 11) is -16.5. The highest BCUT2D eigenvalue weighted by molar-refractivity contribution is 7.66. The van der Waals surface area contributed by atoms with Gasteiger partial charge in [0.1, 0.15) is 17.6 Å². The predicted octanol–water partition coefficient (Wildman–Crippen LogP) is 1.24. The molecule has 17 heteroatoms. The van der Waals surface area contributed by atoms with Gasteiger partial charge in [-0.25, -0.2) is 13.7 Å². The fourth-order valence-electron chi connectivity index (χ4n) is 3.21. The van der Waals surface area contributed by atoms with Crippen LogP contribution < -0.4 is 5.32 Å². The van der Waals surface area contributed by atoms with E-state index in [2.05, 4.69) is 31.6 Å². The Morgan fingerprint density at radius 3 is 2.23 bits per heavy atom. The van der Waals surface area contributed by atoms with Gasteiger partial charge in [0.25, 0.3) is 0 Å². The molecule has 0 spiro atoms. The van der Waals surface area contributed by atoms with Gasteiger partial charge in [-0.3, -0.25) is 4.52 Å². The van der Waals surface area contributed by atoms with Gasteiger partial charge in [0.15, 0.2) is 0 Å². The van der Waals surface area contributed by atoms with E-state index in [0.717, 1.165) is 0 Å². The van der Waals surface area contributed by atoms with Crippen LogP contribution in [0.5, 0.6) is 0 Å². The minimum atomic E-state index is -5.66. The smallest absolute Gasteiger partial charge is 0.389 e. The molecule has 6 N–H and O–H groups in total. The lowest BCUT2D eigenvalue weighted by atomic mass is 9.80. The number of nitrogens with one attached hydrogen (secondary N) is 1. The van der Waals surface area contributed by atoms with Crippen LogP contribution in [0, 0.1) is 5.41 Å². The summed E-state index contributed by atoms with van der Waals surface area (Å²) in [5.74, 6) is 0.398. The lowest BCUT2D eigenvalue weighted by Crippen LogP contribution is -2.47. The van der Waals surface area contributed by atoms with E-state index in [9.17, 15) is 28.6 Å². The quantitative estimate of drug-likeness (QED) is 0.256. The molecule has 0 bridgehead atoms. The number of nitrogens with zero attached hydrogens (tertiary/aromatic N) is 1. The van der Waals surface area contributed by atoms with Crippen molar-refractivity contribution in [3.63, 3.8) is 0 Å². The fraction of sp³-hybridized carbons (Fsp3) is 0.571. The van der Waals surface area contributed by atoms with Gasteiger partial charge in [0, 0.05) is 17.3 Å². The maximum atomic E-state index is 12.0. The van der Waals surface area contributed by atoms with Crippen LogP contribution in [0.1, 0.15) is 20.8 Å². The molecule has 0 saturated carbocycles. The Hall–Kier alpha value is -0.850. The summed E-state index contributed by atoms with van der Waals surface area (Å²) in [6.07, 6.45) is 1.17. The lowest BCUT2D eigenvalue weighted by Gasteiger charge is -2.39. The van der Waals surface area contributed by atoms with Crippen molar-refractivity contribution in [1.29, 1.82) is 0 Å². The topological polar surface area (TPSA) is 205 Å². The van der Waals surface area contributed by atoms with Crippen molar-refractivity contribution in [1.82, 2.24) is 10.2 Å². The molecule has 14 nitrogen and oxygen atoms in total. The second kappa shape index (κ2) is 8.49. The van der Waals surface area contributed by atoms with Crippen LogP contribution in [0.15, 0.2) is 37.0 Å². The molecule has 2 heterocycles. The molecule has 1 fully saturated rings. The number of phosphoric ester groups is 1. The van der Waals surface area contributed by atoms with Gasteiger partial charge < -0.3 is 39.6 Å². The molecular weight excluding hydrogens is 481 g/mol. The van der Waals surface area contributed by atoms with Crippen molar-refractivity contribution in [3.05, 3.63) is 37.0 Å². The van der Waals surface area contributed by atoms with Crippen molar-refractivity contribution in [2.45, 2.75) is 38.7 Å². The van der Waals surface area contributed by atoms with E-state index in [0.29, 0.717) is 11.5 Å². The van der Waals surface area contributed by atoms with E-state index in [4.69, 9.17) is 14.5 Å². The van der Waals surface area contributed by atoms with Gasteiger partial charge in [0.2, 0.25) is 0 Å². The highest BCUT2D eigenvalue weighted by Crippen LogP contribution is 2.66. The highest BCUT2D eigenvalue weighted by Gasteiger charge is 2.59. The largest absolute Gasteiger partial charge is 0.490 e. The highest BCUT2D eigenvalue weighted by atomic mass is 31.3. The fourth-order valence-corrected chi connectivity index (χ4v) is 6.32. The molecule has 5 atom stereocenters. The van der Waals surface area contributed by atoms with Crippen LogP contribution in [0.25, 0.3) is 0 Å². The number of phosphoric acid groups is 3. The van der Waals surface area contributed by atoms with Gasteiger partial charge >= 0.3 is 23.5 Å². The van der Waals surface area contributed by atoms with E-state index in [1.165, 1.54) is 6.92 Å². The standard InChI is InChI=1S/C14H25N2O12P3/c1-9-6-7-16(10(2)15-9)12-13(3,4)11(17)14(5,26-12)8-25-30(21,22)28-31(23,24)27-29(18,19)20/h6-7,11-12,15,17H,1-2,8H2,3-5H3,(H,21,22)(H,23,24)(H2,18,19,20)/t11-,12-,14-/m1/s1. The van der Waals surface area contributed by atoms with Gasteiger partial charge in [-0.05, 0) is 13.0 Å². The molecule has 2 aliphatic heterocycles. The summed E-state index contributed by atoms with van der Waals surface area (Å²) in [6, 6.07) is 0. The van der Waals surface area contributed by atoms with Gasteiger partial charge in [-0.2, -0.15) is 8.62 Å². The van der Waals surface area contributed by atoms with Crippen molar-refractivity contribution in [2.24, 2.45) is 5.41 Å². The first kappa shape index (κ1) is 26.4.